The molecule has 0 saturated carbocycles. The Morgan fingerprint density at radius 2 is 1.76 bits per heavy atom. The first-order chi connectivity index (χ1) is 9.71. The molecule has 3 nitrogen and oxygen atoms in total. The number of amides is 1. The fraction of sp³-hybridized carbons (Fsp3) is 0.462. The van der Waals surface area contributed by atoms with E-state index in [0.29, 0.717) is 32.2 Å². The molecular formula is C13H13BrF4N2O. The standard InChI is InChI=1S/C13H13BrF4N2O/c1-19-4-6-20(7-5-19)12(21)10-9(14)3-2-8(11(10)15)13(16,17)18/h2-3H,4-7H2,1H3. The van der Waals surface area contributed by atoms with Gasteiger partial charge in [0.15, 0.2) is 0 Å². The van der Waals surface area contributed by atoms with Gasteiger partial charge in [-0.1, -0.05) is 0 Å². The van der Waals surface area contributed by atoms with Crippen LogP contribution in [0.25, 0.3) is 0 Å². The van der Waals surface area contributed by atoms with Gasteiger partial charge in [-0.15, -0.1) is 0 Å². The Morgan fingerprint density at radius 3 is 2.29 bits per heavy atom. The second kappa shape index (κ2) is 5.92. The topological polar surface area (TPSA) is 23.6 Å². The van der Waals surface area contributed by atoms with Crippen molar-refractivity contribution in [2.75, 3.05) is 33.2 Å². The number of halogens is 5. The van der Waals surface area contributed by atoms with Crippen LogP contribution in [0.2, 0.25) is 0 Å². The van der Waals surface area contributed by atoms with Gasteiger partial charge in [0, 0.05) is 30.7 Å². The van der Waals surface area contributed by atoms with Crippen LogP contribution in [0.3, 0.4) is 0 Å². The molecule has 2 rings (SSSR count). The molecule has 1 aliphatic heterocycles. The molecule has 1 aromatic rings. The minimum Gasteiger partial charge on any atom is -0.336 e. The number of alkyl halides is 3. The highest BCUT2D eigenvalue weighted by Crippen LogP contribution is 2.35. The van der Waals surface area contributed by atoms with E-state index < -0.39 is 29.0 Å². The van der Waals surface area contributed by atoms with Gasteiger partial charge < -0.3 is 9.80 Å². The zero-order chi connectivity index (χ0) is 15.8. The van der Waals surface area contributed by atoms with Gasteiger partial charge in [0.1, 0.15) is 5.82 Å². The van der Waals surface area contributed by atoms with Gasteiger partial charge >= 0.3 is 6.18 Å². The quantitative estimate of drug-likeness (QED) is 0.711. The zero-order valence-corrected chi connectivity index (χ0v) is 12.8. The number of rotatable bonds is 1. The van der Waals surface area contributed by atoms with Crippen LogP contribution in [-0.2, 0) is 6.18 Å². The Morgan fingerprint density at radius 1 is 1.19 bits per heavy atom. The molecule has 8 heteroatoms. The average Bonchev–Trinajstić information content (AvgIpc) is 2.37. The first kappa shape index (κ1) is 16.2. The van der Waals surface area contributed by atoms with Crippen LogP contribution in [-0.4, -0.2) is 48.9 Å². The van der Waals surface area contributed by atoms with Crippen LogP contribution >= 0.6 is 15.9 Å². The van der Waals surface area contributed by atoms with Crippen molar-refractivity contribution >= 4 is 21.8 Å². The van der Waals surface area contributed by atoms with Gasteiger partial charge in [-0.25, -0.2) is 4.39 Å². The third kappa shape index (κ3) is 3.37. The Balaban J connectivity index is 2.37. The summed E-state index contributed by atoms with van der Waals surface area (Å²) < 4.78 is 52.3. The fourth-order valence-electron chi connectivity index (χ4n) is 2.14. The zero-order valence-electron chi connectivity index (χ0n) is 11.2. The van der Waals surface area contributed by atoms with Crippen LogP contribution in [0.4, 0.5) is 17.6 Å². The van der Waals surface area contributed by atoms with Crippen LogP contribution in [0, 0.1) is 5.82 Å². The maximum absolute atomic E-state index is 14.1. The normalized spacial score (nSPS) is 17.1. The van der Waals surface area contributed by atoms with Crippen LogP contribution in [0.1, 0.15) is 15.9 Å². The Labute approximate surface area is 127 Å². The highest BCUT2D eigenvalue weighted by Gasteiger charge is 2.37. The molecule has 1 fully saturated rings. The fourth-order valence-corrected chi connectivity index (χ4v) is 2.61. The Hall–Kier alpha value is -1.15. The third-order valence-electron chi connectivity index (χ3n) is 3.40. The first-order valence-corrected chi connectivity index (χ1v) is 7.04. The molecule has 0 unspecified atom stereocenters. The van der Waals surface area contributed by atoms with Gasteiger partial charge in [-0.3, -0.25) is 4.79 Å². The second-order valence-corrected chi connectivity index (χ2v) is 5.73. The van der Waals surface area contributed by atoms with E-state index in [4.69, 9.17) is 0 Å². The van der Waals surface area contributed by atoms with E-state index in [1.807, 2.05) is 11.9 Å². The second-order valence-electron chi connectivity index (χ2n) is 4.88. The molecule has 0 aliphatic carbocycles. The lowest BCUT2D eigenvalue weighted by molar-refractivity contribution is -0.140. The lowest BCUT2D eigenvalue weighted by atomic mass is 10.1. The molecular weight excluding hydrogens is 356 g/mol. The van der Waals surface area contributed by atoms with E-state index in [1.165, 1.54) is 4.90 Å². The third-order valence-corrected chi connectivity index (χ3v) is 4.06. The van der Waals surface area contributed by atoms with Gasteiger partial charge in [0.25, 0.3) is 5.91 Å². The van der Waals surface area contributed by atoms with E-state index in [1.54, 1.807) is 0 Å². The molecule has 21 heavy (non-hydrogen) atoms. The lowest BCUT2D eigenvalue weighted by Gasteiger charge is -2.32. The minimum absolute atomic E-state index is 0.0249. The highest BCUT2D eigenvalue weighted by atomic mass is 79.9. The summed E-state index contributed by atoms with van der Waals surface area (Å²) in [4.78, 5) is 15.6. The molecule has 116 valence electrons. The molecule has 1 aromatic carbocycles. The van der Waals surface area contributed by atoms with Crippen LogP contribution < -0.4 is 0 Å². The molecule has 1 heterocycles. The number of nitrogens with zero attached hydrogens (tertiary/aromatic N) is 2. The van der Waals surface area contributed by atoms with Crippen molar-refractivity contribution in [2.45, 2.75) is 6.18 Å². The van der Waals surface area contributed by atoms with Crippen molar-refractivity contribution in [1.29, 1.82) is 0 Å². The van der Waals surface area contributed by atoms with Crippen LogP contribution in [0.15, 0.2) is 16.6 Å². The van der Waals surface area contributed by atoms with Crippen LogP contribution in [0.5, 0.6) is 0 Å². The molecule has 1 saturated heterocycles. The van der Waals surface area contributed by atoms with E-state index in [-0.39, 0.29) is 4.47 Å². The molecule has 0 aromatic heterocycles. The molecule has 0 bridgehead atoms. The summed E-state index contributed by atoms with van der Waals surface area (Å²) in [7, 11) is 1.88. The predicted octanol–water partition coefficient (Wildman–Crippen LogP) is 2.99. The maximum atomic E-state index is 14.1. The predicted molar refractivity (Wildman–Crippen MR) is 72.5 cm³/mol. The van der Waals surface area contributed by atoms with Gasteiger partial charge in [-0.2, -0.15) is 13.2 Å². The van der Waals surface area contributed by atoms with E-state index in [0.717, 1.165) is 6.07 Å². The summed E-state index contributed by atoms with van der Waals surface area (Å²) >= 11 is 2.96. The number of carbonyl (C=O) groups is 1. The summed E-state index contributed by atoms with van der Waals surface area (Å²) in [6.45, 7) is 1.92. The molecule has 1 amide bonds. The largest absolute Gasteiger partial charge is 0.419 e. The molecule has 1 aliphatic rings. The lowest BCUT2D eigenvalue weighted by Crippen LogP contribution is -2.47. The minimum atomic E-state index is -4.83. The molecule has 0 spiro atoms. The number of hydrogen-bond donors (Lipinski definition) is 0. The summed E-state index contributed by atoms with van der Waals surface area (Å²) in [6.07, 6.45) is -4.83. The Bertz CT molecular complexity index is 554. The van der Waals surface area contributed by atoms with Gasteiger partial charge in [0.05, 0.1) is 11.1 Å². The summed E-state index contributed by atoms with van der Waals surface area (Å²) in [5.41, 5.74) is -1.99. The molecule has 0 atom stereocenters. The van der Waals surface area contributed by atoms with Crippen molar-refractivity contribution in [3.05, 3.63) is 33.5 Å². The Kier molecular flexibility index (Phi) is 4.57. The summed E-state index contributed by atoms with van der Waals surface area (Å²) in [5.74, 6) is -2.25. The smallest absolute Gasteiger partial charge is 0.336 e. The number of likely N-dealkylation sites (N-methyl/N-ethyl adjacent to an activating group) is 1. The summed E-state index contributed by atoms with van der Waals surface area (Å²) in [6, 6.07) is 1.68. The van der Waals surface area contributed by atoms with E-state index >= 15 is 0 Å². The van der Waals surface area contributed by atoms with Crippen molar-refractivity contribution < 1.29 is 22.4 Å². The first-order valence-electron chi connectivity index (χ1n) is 6.25. The maximum Gasteiger partial charge on any atom is 0.419 e. The molecule has 0 radical (unpaired) electrons. The van der Waals surface area contributed by atoms with Crippen molar-refractivity contribution in [3.63, 3.8) is 0 Å². The number of carbonyl (C=O) groups excluding carboxylic acids is 1. The van der Waals surface area contributed by atoms with Crippen molar-refractivity contribution in [3.8, 4) is 0 Å². The average molecular weight is 369 g/mol. The van der Waals surface area contributed by atoms with Gasteiger partial charge in [0.2, 0.25) is 0 Å². The summed E-state index contributed by atoms with van der Waals surface area (Å²) in [5, 5.41) is 0. The van der Waals surface area contributed by atoms with E-state index in [9.17, 15) is 22.4 Å². The monoisotopic (exact) mass is 368 g/mol. The SMILES string of the molecule is CN1CCN(C(=O)c2c(Br)ccc(C(F)(F)F)c2F)CC1. The van der Waals surface area contributed by atoms with Crippen molar-refractivity contribution in [1.82, 2.24) is 9.80 Å². The number of hydrogen-bond acceptors (Lipinski definition) is 2. The number of benzene rings is 1. The van der Waals surface area contributed by atoms with Gasteiger partial charge in [-0.05, 0) is 35.1 Å². The van der Waals surface area contributed by atoms with Crippen molar-refractivity contribution in [2.24, 2.45) is 0 Å². The highest BCUT2D eigenvalue weighted by molar-refractivity contribution is 9.10. The number of piperazine rings is 1. The molecule has 0 N–H and O–H groups in total. The van der Waals surface area contributed by atoms with E-state index in [2.05, 4.69) is 15.9 Å².